The molecule has 0 amide bonds. The number of ether oxygens (including phenoxy) is 2. The highest BCUT2D eigenvalue weighted by Crippen LogP contribution is 2.35. The van der Waals surface area contributed by atoms with Gasteiger partial charge in [0.05, 0.1) is 24.4 Å². The van der Waals surface area contributed by atoms with Crippen molar-refractivity contribution in [2.45, 2.75) is 6.54 Å². The van der Waals surface area contributed by atoms with Crippen LogP contribution >= 0.6 is 15.9 Å². The molecule has 134 valence electrons. The van der Waals surface area contributed by atoms with Crippen molar-refractivity contribution in [3.63, 3.8) is 0 Å². The van der Waals surface area contributed by atoms with Crippen LogP contribution < -0.4 is 14.4 Å². The van der Waals surface area contributed by atoms with Gasteiger partial charge in [-0.1, -0.05) is 12.1 Å². The van der Waals surface area contributed by atoms with Gasteiger partial charge >= 0.3 is 0 Å². The van der Waals surface area contributed by atoms with Gasteiger partial charge in [0.15, 0.2) is 11.5 Å². The SMILES string of the molecule is COc1ccccc1N1CCN(Cc2cc(Br)c(O)c(OC)c2)CC1. The van der Waals surface area contributed by atoms with Crippen LogP contribution in [0, 0.1) is 0 Å². The molecule has 1 aliphatic rings. The van der Waals surface area contributed by atoms with E-state index in [0.29, 0.717) is 10.2 Å². The number of hydrogen-bond acceptors (Lipinski definition) is 5. The first kappa shape index (κ1) is 17.9. The molecule has 25 heavy (non-hydrogen) atoms. The molecule has 0 unspecified atom stereocenters. The van der Waals surface area contributed by atoms with E-state index in [-0.39, 0.29) is 5.75 Å². The van der Waals surface area contributed by atoms with E-state index in [1.165, 1.54) is 0 Å². The Balaban J connectivity index is 1.64. The maximum atomic E-state index is 9.93. The Morgan fingerprint density at radius 3 is 2.36 bits per heavy atom. The Morgan fingerprint density at radius 1 is 1.00 bits per heavy atom. The fourth-order valence-corrected chi connectivity index (χ4v) is 3.66. The van der Waals surface area contributed by atoms with Crippen molar-refractivity contribution in [2.75, 3.05) is 45.3 Å². The second kappa shape index (κ2) is 7.97. The Hall–Kier alpha value is -1.92. The van der Waals surface area contributed by atoms with Crippen LogP contribution in [-0.2, 0) is 6.54 Å². The minimum absolute atomic E-state index is 0.146. The topological polar surface area (TPSA) is 45.2 Å². The first-order valence-corrected chi connectivity index (χ1v) is 9.07. The molecule has 2 aromatic carbocycles. The zero-order valence-corrected chi connectivity index (χ0v) is 16.1. The monoisotopic (exact) mass is 406 g/mol. The van der Waals surface area contributed by atoms with Crippen LogP contribution in [0.4, 0.5) is 5.69 Å². The lowest BCUT2D eigenvalue weighted by Crippen LogP contribution is -2.46. The molecular formula is C19H23BrN2O3. The summed E-state index contributed by atoms with van der Waals surface area (Å²) in [4.78, 5) is 4.77. The number of methoxy groups -OCH3 is 2. The van der Waals surface area contributed by atoms with Gasteiger partial charge in [0, 0.05) is 32.7 Å². The fraction of sp³-hybridized carbons (Fsp3) is 0.368. The number of para-hydroxylation sites is 2. The quantitative estimate of drug-likeness (QED) is 0.822. The molecule has 3 rings (SSSR count). The standard InChI is InChI=1S/C19H23BrN2O3/c1-24-17-6-4-3-5-16(17)22-9-7-21(8-10-22)13-14-11-15(20)19(23)18(12-14)25-2/h3-6,11-12,23H,7-10,13H2,1-2H3. The third kappa shape index (κ3) is 4.02. The van der Waals surface area contributed by atoms with E-state index in [9.17, 15) is 5.11 Å². The highest BCUT2D eigenvalue weighted by molar-refractivity contribution is 9.10. The summed E-state index contributed by atoms with van der Waals surface area (Å²) in [5, 5.41) is 9.93. The van der Waals surface area contributed by atoms with Crippen molar-refractivity contribution in [1.29, 1.82) is 0 Å². The number of hydrogen-bond donors (Lipinski definition) is 1. The molecule has 1 aliphatic heterocycles. The molecule has 0 aliphatic carbocycles. The van der Waals surface area contributed by atoms with Gasteiger partial charge in [-0.25, -0.2) is 0 Å². The number of phenolic OH excluding ortho intramolecular Hbond substituents is 1. The molecule has 5 nitrogen and oxygen atoms in total. The molecule has 1 fully saturated rings. The van der Waals surface area contributed by atoms with Crippen LogP contribution in [0.5, 0.6) is 17.2 Å². The van der Waals surface area contributed by atoms with Crippen LogP contribution in [0.25, 0.3) is 0 Å². The van der Waals surface area contributed by atoms with Gasteiger partial charge in [-0.05, 0) is 45.8 Å². The summed E-state index contributed by atoms with van der Waals surface area (Å²) < 4.78 is 11.4. The van der Waals surface area contributed by atoms with E-state index in [1.54, 1.807) is 14.2 Å². The molecule has 2 aromatic rings. The lowest BCUT2D eigenvalue weighted by atomic mass is 10.1. The Morgan fingerprint density at radius 2 is 1.68 bits per heavy atom. The molecule has 0 atom stereocenters. The molecule has 6 heteroatoms. The second-order valence-corrected chi connectivity index (χ2v) is 6.92. The van der Waals surface area contributed by atoms with E-state index in [2.05, 4.69) is 31.8 Å². The molecule has 1 N–H and O–H groups in total. The lowest BCUT2D eigenvalue weighted by molar-refractivity contribution is 0.248. The molecule has 0 aromatic heterocycles. The number of anilines is 1. The first-order valence-electron chi connectivity index (χ1n) is 8.28. The van der Waals surface area contributed by atoms with Crippen LogP contribution in [0.15, 0.2) is 40.9 Å². The predicted molar refractivity (Wildman–Crippen MR) is 103 cm³/mol. The molecule has 0 radical (unpaired) electrons. The van der Waals surface area contributed by atoms with Crippen LogP contribution in [0.1, 0.15) is 5.56 Å². The Bertz CT molecular complexity index is 731. The maximum Gasteiger partial charge on any atom is 0.172 e. The minimum Gasteiger partial charge on any atom is -0.503 e. The van der Waals surface area contributed by atoms with Crippen LogP contribution in [0.2, 0.25) is 0 Å². The van der Waals surface area contributed by atoms with Crippen molar-refractivity contribution in [3.05, 3.63) is 46.4 Å². The number of nitrogens with zero attached hydrogens (tertiary/aromatic N) is 2. The third-order valence-corrected chi connectivity index (χ3v) is 5.12. The van der Waals surface area contributed by atoms with E-state index in [1.807, 2.05) is 30.3 Å². The smallest absolute Gasteiger partial charge is 0.172 e. The summed E-state index contributed by atoms with van der Waals surface area (Å²) in [6.07, 6.45) is 0. The number of phenols is 1. The van der Waals surface area contributed by atoms with Crippen LogP contribution in [-0.4, -0.2) is 50.4 Å². The van der Waals surface area contributed by atoms with Crippen molar-refractivity contribution >= 4 is 21.6 Å². The molecule has 0 bridgehead atoms. The maximum absolute atomic E-state index is 9.93. The zero-order chi connectivity index (χ0) is 17.8. The summed E-state index contributed by atoms with van der Waals surface area (Å²) in [5.41, 5.74) is 2.27. The van der Waals surface area contributed by atoms with Crippen molar-refractivity contribution in [2.24, 2.45) is 0 Å². The van der Waals surface area contributed by atoms with E-state index < -0.39 is 0 Å². The van der Waals surface area contributed by atoms with E-state index in [4.69, 9.17) is 9.47 Å². The number of aromatic hydroxyl groups is 1. The van der Waals surface area contributed by atoms with Gasteiger partial charge in [0.2, 0.25) is 0 Å². The predicted octanol–water partition coefficient (Wildman–Crippen LogP) is 3.49. The number of rotatable bonds is 5. The largest absolute Gasteiger partial charge is 0.503 e. The molecule has 1 heterocycles. The van der Waals surface area contributed by atoms with Gasteiger partial charge in [-0.2, -0.15) is 0 Å². The molecular weight excluding hydrogens is 384 g/mol. The fourth-order valence-electron chi connectivity index (χ4n) is 3.17. The normalized spacial score (nSPS) is 15.2. The van der Waals surface area contributed by atoms with Gasteiger partial charge in [0.1, 0.15) is 5.75 Å². The van der Waals surface area contributed by atoms with E-state index in [0.717, 1.165) is 49.7 Å². The highest BCUT2D eigenvalue weighted by Gasteiger charge is 2.20. The van der Waals surface area contributed by atoms with E-state index >= 15 is 0 Å². The van der Waals surface area contributed by atoms with Gasteiger partial charge in [0.25, 0.3) is 0 Å². The number of benzene rings is 2. The number of piperazine rings is 1. The van der Waals surface area contributed by atoms with Crippen molar-refractivity contribution in [1.82, 2.24) is 4.90 Å². The average Bonchev–Trinajstić information content (AvgIpc) is 2.65. The molecule has 0 saturated carbocycles. The molecule has 1 saturated heterocycles. The van der Waals surface area contributed by atoms with Gasteiger partial charge < -0.3 is 19.5 Å². The van der Waals surface area contributed by atoms with Crippen LogP contribution in [0.3, 0.4) is 0 Å². The average molecular weight is 407 g/mol. The Kier molecular flexibility index (Phi) is 5.71. The minimum atomic E-state index is 0.146. The van der Waals surface area contributed by atoms with Gasteiger partial charge in [-0.15, -0.1) is 0 Å². The summed E-state index contributed by atoms with van der Waals surface area (Å²) in [6, 6.07) is 12.0. The van der Waals surface area contributed by atoms with Gasteiger partial charge in [-0.3, -0.25) is 4.90 Å². The molecule has 0 spiro atoms. The number of halogens is 1. The Labute approximate surface area is 156 Å². The highest BCUT2D eigenvalue weighted by atomic mass is 79.9. The first-order chi connectivity index (χ1) is 12.1. The summed E-state index contributed by atoms with van der Waals surface area (Å²) in [7, 11) is 3.28. The summed E-state index contributed by atoms with van der Waals surface area (Å²) >= 11 is 3.39. The third-order valence-electron chi connectivity index (χ3n) is 4.51. The van der Waals surface area contributed by atoms with Crippen molar-refractivity contribution in [3.8, 4) is 17.2 Å². The lowest BCUT2D eigenvalue weighted by Gasteiger charge is -2.36. The zero-order valence-electron chi connectivity index (χ0n) is 14.5. The van der Waals surface area contributed by atoms with Crippen molar-refractivity contribution < 1.29 is 14.6 Å². The second-order valence-electron chi connectivity index (χ2n) is 6.06. The summed E-state index contributed by atoms with van der Waals surface area (Å²) in [6.45, 7) is 4.68. The summed E-state index contributed by atoms with van der Waals surface area (Å²) in [5.74, 6) is 1.56.